The molecule has 0 saturated carbocycles. The lowest BCUT2D eigenvalue weighted by Gasteiger charge is -2.23. The second-order valence-corrected chi connectivity index (χ2v) is 9.14. The van der Waals surface area contributed by atoms with Crippen molar-refractivity contribution in [3.05, 3.63) is 81.9 Å². The number of aliphatic hydroxyl groups is 1. The Morgan fingerprint density at radius 2 is 1.73 bits per heavy atom. The van der Waals surface area contributed by atoms with Gasteiger partial charge in [-0.3, -0.25) is 14.5 Å². The third-order valence-electron chi connectivity index (χ3n) is 6.53. The molecule has 0 radical (unpaired) electrons. The molecule has 1 aromatic heterocycles. The Balaban J connectivity index is 1.76. The number of methoxy groups -OCH3 is 3. The Bertz CT molecular complexity index is 1730. The Kier molecular flexibility index (Phi) is 6.82. The lowest BCUT2D eigenvalue weighted by atomic mass is 9.95. The van der Waals surface area contributed by atoms with Gasteiger partial charge < -0.3 is 29.4 Å². The monoisotopic (exact) mass is 563 g/mol. The zero-order chi connectivity index (χ0) is 28.7. The fourth-order valence-electron chi connectivity index (χ4n) is 4.61. The van der Waals surface area contributed by atoms with Crippen molar-refractivity contribution in [3.8, 4) is 17.2 Å². The van der Waals surface area contributed by atoms with E-state index in [4.69, 9.17) is 25.8 Å². The average Bonchev–Trinajstić information content (AvgIpc) is 3.49. The number of aromatic nitrogens is 2. The van der Waals surface area contributed by atoms with Crippen LogP contribution in [-0.4, -0.2) is 59.2 Å². The number of Topliss-reactive ketones (excluding diaryl/α,β-unsaturated/α-hetero) is 1. The van der Waals surface area contributed by atoms with Crippen molar-refractivity contribution < 1.29 is 38.8 Å². The standard InChI is InChI=1S/C28H22ClN3O8/c1-38-15-6-4-5-13(9-15)23-22(24(33)16-11-17(29)21(40-3)12-20(16)39-2)25(34)26(35)32(23)28-30-18-8-7-14(27(36)37)10-19(18)31-28/h4-12,23,33H,1-3H3,(H,30,31)(H,36,37)/b24-22+. The molecule has 11 nitrogen and oxygen atoms in total. The summed E-state index contributed by atoms with van der Waals surface area (Å²) in [4.78, 5) is 47.0. The summed E-state index contributed by atoms with van der Waals surface area (Å²) in [7, 11) is 4.26. The molecule has 1 aliphatic heterocycles. The highest BCUT2D eigenvalue weighted by atomic mass is 35.5. The maximum Gasteiger partial charge on any atom is 0.335 e. The number of rotatable bonds is 7. The van der Waals surface area contributed by atoms with Gasteiger partial charge in [-0.15, -0.1) is 0 Å². The van der Waals surface area contributed by atoms with Crippen LogP contribution in [0.4, 0.5) is 5.95 Å². The molecule has 40 heavy (non-hydrogen) atoms. The number of amides is 1. The predicted molar refractivity (Wildman–Crippen MR) is 145 cm³/mol. The van der Waals surface area contributed by atoms with E-state index in [0.717, 1.165) is 4.90 Å². The van der Waals surface area contributed by atoms with Crippen molar-refractivity contribution in [3.63, 3.8) is 0 Å². The number of imidazole rings is 1. The first-order chi connectivity index (χ1) is 19.2. The first-order valence-corrected chi connectivity index (χ1v) is 12.2. The molecule has 204 valence electrons. The largest absolute Gasteiger partial charge is 0.507 e. The number of anilines is 1. The van der Waals surface area contributed by atoms with Crippen LogP contribution in [0.25, 0.3) is 16.8 Å². The molecular weight excluding hydrogens is 542 g/mol. The zero-order valence-corrected chi connectivity index (χ0v) is 22.1. The van der Waals surface area contributed by atoms with Crippen LogP contribution in [0.1, 0.15) is 27.5 Å². The number of nitrogens with one attached hydrogen (secondary N) is 1. The number of hydrogen-bond donors (Lipinski definition) is 3. The van der Waals surface area contributed by atoms with Crippen LogP contribution >= 0.6 is 11.6 Å². The molecule has 1 aliphatic rings. The van der Waals surface area contributed by atoms with E-state index in [1.165, 1.54) is 51.7 Å². The maximum atomic E-state index is 13.6. The first kappa shape index (κ1) is 26.6. The summed E-state index contributed by atoms with van der Waals surface area (Å²) in [6.07, 6.45) is 0. The average molecular weight is 564 g/mol. The minimum absolute atomic E-state index is 0.0116. The van der Waals surface area contributed by atoms with E-state index in [1.54, 1.807) is 24.3 Å². The van der Waals surface area contributed by atoms with Crippen molar-refractivity contribution in [2.24, 2.45) is 0 Å². The maximum absolute atomic E-state index is 13.6. The van der Waals surface area contributed by atoms with Gasteiger partial charge in [0.2, 0.25) is 5.95 Å². The topological polar surface area (TPSA) is 151 Å². The molecular formula is C28H22ClN3O8. The third-order valence-corrected chi connectivity index (χ3v) is 6.82. The molecule has 0 aliphatic carbocycles. The second-order valence-electron chi connectivity index (χ2n) is 8.73. The number of nitrogens with zero attached hydrogens (tertiary/aromatic N) is 2. The molecule has 3 aromatic carbocycles. The number of aliphatic hydroxyl groups excluding tert-OH is 1. The number of ketones is 1. The molecule has 1 amide bonds. The van der Waals surface area contributed by atoms with Gasteiger partial charge in [0.15, 0.2) is 0 Å². The van der Waals surface area contributed by atoms with Crippen molar-refractivity contribution in [1.82, 2.24) is 9.97 Å². The van der Waals surface area contributed by atoms with Crippen LogP contribution < -0.4 is 19.1 Å². The zero-order valence-electron chi connectivity index (χ0n) is 21.4. The quantitative estimate of drug-likeness (QED) is 0.167. The number of aromatic carboxylic acids is 1. The summed E-state index contributed by atoms with van der Waals surface area (Å²) in [6, 6.07) is 12.6. The van der Waals surface area contributed by atoms with Gasteiger partial charge in [0, 0.05) is 6.07 Å². The highest BCUT2D eigenvalue weighted by Gasteiger charge is 2.48. The highest BCUT2D eigenvalue weighted by molar-refractivity contribution is 6.51. The molecule has 1 unspecified atom stereocenters. The van der Waals surface area contributed by atoms with E-state index in [9.17, 15) is 24.6 Å². The Morgan fingerprint density at radius 3 is 2.40 bits per heavy atom. The number of fused-ring (bicyclic) bond motifs is 1. The third kappa shape index (κ3) is 4.35. The van der Waals surface area contributed by atoms with Gasteiger partial charge in [0.25, 0.3) is 5.78 Å². The number of carboxylic acids is 1. The number of H-pyrrole nitrogens is 1. The number of carboxylic acid groups (broad SMARTS) is 1. The molecule has 4 aromatic rings. The van der Waals surface area contributed by atoms with Crippen molar-refractivity contribution in [2.45, 2.75) is 6.04 Å². The predicted octanol–water partition coefficient (Wildman–Crippen LogP) is 4.57. The molecule has 3 N–H and O–H groups in total. The molecule has 1 atom stereocenters. The first-order valence-electron chi connectivity index (χ1n) is 11.8. The minimum atomic E-state index is -1.15. The van der Waals surface area contributed by atoms with Gasteiger partial charge in [-0.25, -0.2) is 9.78 Å². The van der Waals surface area contributed by atoms with Gasteiger partial charge >= 0.3 is 11.9 Å². The molecule has 5 rings (SSSR count). The highest BCUT2D eigenvalue weighted by Crippen LogP contribution is 2.45. The number of aromatic amines is 1. The number of ether oxygens (including phenoxy) is 3. The van der Waals surface area contributed by atoms with Crippen LogP contribution in [0, 0.1) is 0 Å². The Morgan fingerprint density at radius 1 is 0.975 bits per heavy atom. The van der Waals surface area contributed by atoms with E-state index in [-0.39, 0.29) is 39.2 Å². The fraction of sp³-hybridized carbons (Fsp3) is 0.143. The molecule has 0 bridgehead atoms. The van der Waals surface area contributed by atoms with E-state index >= 15 is 0 Å². The van der Waals surface area contributed by atoms with Gasteiger partial charge in [-0.05, 0) is 42.0 Å². The lowest BCUT2D eigenvalue weighted by Crippen LogP contribution is -2.30. The smallest absolute Gasteiger partial charge is 0.335 e. The summed E-state index contributed by atoms with van der Waals surface area (Å²) < 4.78 is 16.0. The van der Waals surface area contributed by atoms with Crippen LogP contribution in [0.5, 0.6) is 17.2 Å². The molecule has 1 saturated heterocycles. The Hall–Kier alpha value is -5.03. The number of halogens is 1. The summed E-state index contributed by atoms with van der Waals surface area (Å²) in [5, 5.41) is 21.0. The van der Waals surface area contributed by atoms with Crippen molar-refractivity contribution >= 4 is 52.0 Å². The van der Waals surface area contributed by atoms with Crippen molar-refractivity contribution in [1.29, 1.82) is 0 Å². The van der Waals surface area contributed by atoms with Crippen LogP contribution in [0.2, 0.25) is 5.02 Å². The molecule has 12 heteroatoms. The van der Waals surface area contributed by atoms with Gasteiger partial charge in [0.05, 0.1) is 60.1 Å². The van der Waals surface area contributed by atoms with Crippen LogP contribution in [-0.2, 0) is 9.59 Å². The summed E-state index contributed by atoms with van der Waals surface area (Å²) in [6.45, 7) is 0. The van der Waals surface area contributed by atoms with E-state index in [1.807, 2.05) is 0 Å². The Labute approximate surface area is 232 Å². The number of carbonyl (C=O) groups is 3. The summed E-state index contributed by atoms with van der Waals surface area (Å²) in [5.41, 5.74) is 0.974. The normalized spacial score (nSPS) is 16.4. The van der Waals surface area contributed by atoms with E-state index < -0.39 is 29.5 Å². The van der Waals surface area contributed by atoms with E-state index in [2.05, 4.69) is 9.97 Å². The number of carbonyl (C=O) groups excluding carboxylic acids is 2. The van der Waals surface area contributed by atoms with Crippen molar-refractivity contribution in [2.75, 3.05) is 26.2 Å². The number of hydrogen-bond acceptors (Lipinski definition) is 8. The van der Waals surface area contributed by atoms with Gasteiger partial charge in [-0.1, -0.05) is 23.7 Å². The summed E-state index contributed by atoms with van der Waals surface area (Å²) in [5.74, 6) is -2.75. The lowest BCUT2D eigenvalue weighted by molar-refractivity contribution is -0.132. The summed E-state index contributed by atoms with van der Waals surface area (Å²) >= 11 is 6.32. The van der Waals surface area contributed by atoms with Crippen LogP contribution in [0.15, 0.2) is 60.2 Å². The minimum Gasteiger partial charge on any atom is -0.507 e. The van der Waals surface area contributed by atoms with Gasteiger partial charge in [-0.2, -0.15) is 0 Å². The van der Waals surface area contributed by atoms with E-state index in [0.29, 0.717) is 22.3 Å². The molecule has 1 fully saturated rings. The van der Waals surface area contributed by atoms with Gasteiger partial charge in [0.1, 0.15) is 23.0 Å². The molecule has 2 heterocycles. The molecule has 0 spiro atoms. The number of benzene rings is 3. The fourth-order valence-corrected chi connectivity index (χ4v) is 4.85. The van der Waals surface area contributed by atoms with Crippen LogP contribution in [0.3, 0.4) is 0 Å². The SMILES string of the molecule is COc1cccc(C2/C(=C(\O)c3cc(Cl)c(OC)cc3OC)C(=O)C(=O)N2c2nc3ccc(C(=O)O)cc3[nH]2)c1. The second kappa shape index (κ2) is 10.3.